The second-order valence-corrected chi connectivity index (χ2v) is 3.24. The van der Waals surface area contributed by atoms with Crippen LogP contribution in [0.5, 0.6) is 0 Å². The zero-order valence-electron chi connectivity index (χ0n) is 8.60. The fourth-order valence-corrected chi connectivity index (χ4v) is 1.15. The first-order chi connectivity index (χ1) is 7.72. The summed E-state index contributed by atoms with van der Waals surface area (Å²) in [4.78, 5) is 11.1. The quantitative estimate of drug-likeness (QED) is 0.624. The molecule has 0 fully saturated rings. The lowest BCUT2D eigenvalue weighted by atomic mass is 10.3. The van der Waals surface area contributed by atoms with E-state index in [0.717, 1.165) is 5.69 Å². The molecule has 0 aliphatic heterocycles. The molecule has 0 aliphatic rings. The lowest BCUT2D eigenvalue weighted by molar-refractivity contribution is 0.164. The Morgan fingerprint density at radius 1 is 1.44 bits per heavy atom. The number of nitrogens with one attached hydrogen (secondary N) is 2. The molecule has 0 aliphatic carbocycles. The van der Waals surface area contributed by atoms with Gasteiger partial charge < -0.3 is 10.1 Å². The number of anilines is 1. The van der Waals surface area contributed by atoms with E-state index in [1.165, 1.54) is 6.08 Å². The number of para-hydroxylation sites is 1. The molecule has 0 aromatic heterocycles. The summed E-state index contributed by atoms with van der Waals surface area (Å²) in [5.41, 5.74) is 0.802. The Bertz CT molecular complexity index is 379. The van der Waals surface area contributed by atoms with Gasteiger partial charge >= 0.3 is 6.09 Å². The van der Waals surface area contributed by atoms with Gasteiger partial charge in [0.25, 0.3) is 0 Å². The second kappa shape index (κ2) is 6.58. The highest BCUT2D eigenvalue weighted by Gasteiger charge is 2.03. The van der Waals surface area contributed by atoms with Crippen molar-refractivity contribution in [2.75, 3.05) is 11.9 Å². The van der Waals surface area contributed by atoms with Crippen LogP contribution < -0.4 is 10.6 Å². The van der Waals surface area contributed by atoms with Gasteiger partial charge in [0.15, 0.2) is 5.11 Å². The van der Waals surface area contributed by atoms with Crippen molar-refractivity contribution in [3.05, 3.63) is 43.0 Å². The molecule has 1 rings (SSSR count). The number of carbonyl (C=O) groups excluding carboxylic acids is 1. The highest BCUT2D eigenvalue weighted by molar-refractivity contribution is 7.80. The SMILES string of the molecule is C=CCOC(=O)NC(=S)Nc1ccccc1. The van der Waals surface area contributed by atoms with Crippen LogP contribution in [-0.4, -0.2) is 17.8 Å². The molecule has 16 heavy (non-hydrogen) atoms. The molecule has 1 aromatic carbocycles. The Hall–Kier alpha value is -1.88. The Labute approximate surface area is 99.3 Å². The summed E-state index contributed by atoms with van der Waals surface area (Å²) in [6.07, 6.45) is 0.876. The molecule has 4 nitrogen and oxygen atoms in total. The average molecular weight is 236 g/mol. The van der Waals surface area contributed by atoms with Crippen LogP contribution in [0, 0.1) is 0 Å². The van der Waals surface area contributed by atoms with Crippen LogP contribution in [0.3, 0.4) is 0 Å². The molecule has 0 atom stereocenters. The van der Waals surface area contributed by atoms with Crippen LogP contribution in [0.1, 0.15) is 0 Å². The number of rotatable bonds is 3. The zero-order valence-corrected chi connectivity index (χ0v) is 9.42. The van der Waals surface area contributed by atoms with Gasteiger partial charge in [-0.3, -0.25) is 5.32 Å². The van der Waals surface area contributed by atoms with E-state index < -0.39 is 6.09 Å². The van der Waals surface area contributed by atoms with Crippen molar-refractivity contribution >= 4 is 29.1 Å². The Balaban J connectivity index is 2.36. The summed E-state index contributed by atoms with van der Waals surface area (Å²) in [6.45, 7) is 3.58. The predicted octanol–water partition coefficient (Wildman–Crippen LogP) is 2.30. The minimum atomic E-state index is -0.603. The van der Waals surface area contributed by atoms with Gasteiger partial charge in [0.1, 0.15) is 6.61 Å². The molecule has 2 N–H and O–H groups in total. The number of hydrogen-bond acceptors (Lipinski definition) is 3. The molecule has 0 radical (unpaired) electrons. The lowest BCUT2D eigenvalue weighted by Gasteiger charge is -2.08. The first kappa shape index (κ1) is 12.2. The first-order valence-corrected chi connectivity index (χ1v) is 5.04. The number of thiocarbonyl (C=S) groups is 1. The third-order valence-electron chi connectivity index (χ3n) is 1.58. The number of carbonyl (C=O) groups is 1. The van der Waals surface area contributed by atoms with Crippen molar-refractivity contribution in [2.24, 2.45) is 0 Å². The van der Waals surface area contributed by atoms with E-state index in [-0.39, 0.29) is 11.7 Å². The largest absolute Gasteiger partial charge is 0.445 e. The van der Waals surface area contributed by atoms with Gasteiger partial charge in [0.05, 0.1) is 0 Å². The van der Waals surface area contributed by atoms with Gasteiger partial charge in [-0.25, -0.2) is 4.79 Å². The molecule has 0 unspecified atom stereocenters. The smallest absolute Gasteiger partial charge is 0.413 e. The van der Waals surface area contributed by atoms with Crippen LogP contribution >= 0.6 is 12.2 Å². The van der Waals surface area contributed by atoms with Crippen molar-refractivity contribution < 1.29 is 9.53 Å². The number of amides is 1. The van der Waals surface area contributed by atoms with E-state index in [2.05, 4.69) is 17.2 Å². The lowest BCUT2D eigenvalue weighted by Crippen LogP contribution is -2.34. The number of alkyl carbamates (subject to hydrolysis) is 1. The molecule has 1 aromatic rings. The Kier molecular flexibility index (Phi) is 5.01. The van der Waals surface area contributed by atoms with Crippen LogP contribution in [0.4, 0.5) is 10.5 Å². The third-order valence-corrected chi connectivity index (χ3v) is 1.78. The molecule has 0 heterocycles. The zero-order chi connectivity index (χ0) is 11.8. The molecule has 0 spiro atoms. The standard InChI is InChI=1S/C11H12N2O2S/c1-2-8-15-11(14)13-10(16)12-9-6-4-3-5-7-9/h2-7H,1,8H2,(H2,12,13,14,16). The summed E-state index contributed by atoms with van der Waals surface area (Å²) in [5.74, 6) is 0. The summed E-state index contributed by atoms with van der Waals surface area (Å²) >= 11 is 4.91. The minimum absolute atomic E-state index is 0.153. The summed E-state index contributed by atoms with van der Waals surface area (Å²) in [6, 6.07) is 9.29. The van der Waals surface area contributed by atoms with Gasteiger partial charge in [-0.1, -0.05) is 30.9 Å². The third kappa shape index (κ3) is 4.56. The van der Waals surface area contributed by atoms with E-state index in [9.17, 15) is 4.79 Å². The molecule has 0 bridgehead atoms. The van der Waals surface area contributed by atoms with Crippen molar-refractivity contribution in [3.8, 4) is 0 Å². The predicted molar refractivity (Wildman–Crippen MR) is 67.3 cm³/mol. The Morgan fingerprint density at radius 2 is 2.12 bits per heavy atom. The molecular formula is C11H12N2O2S. The monoisotopic (exact) mass is 236 g/mol. The van der Waals surface area contributed by atoms with Gasteiger partial charge in [-0.2, -0.15) is 0 Å². The number of benzene rings is 1. The van der Waals surface area contributed by atoms with E-state index in [1.807, 2.05) is 30.3 Å². The minimum Gasteiger partial charge on any atom is -0.445 e. The summed E-state index contributed by atoms with van der Waals surface area (Å²) < 4.78 is 4.70. The summed E-state index contributed by atoms with van der Waals surface area (Å²) in [7, 11) is 0. The van der Waals surface area contributed by atoms with E-state index in [4.69, 9.17) is 17.0 Å². The Morgan fingerprint density at radius 3 is 2.75 bits per heavy atom. The van der Waals surface area contributed by atoms with Crippen molar-refractivity contribution in [1.29, 1.82) is 0 Å². The average Bonchev–Trinajstić information content (AvgIpc) is 2.27. The van der Waals surface area contributed by atoms with E-state index in [1.54, 1.807) is 0 Å². The maximum atomic E-state index is 11.1. The van der Waals surface area contributed by atoms with Gasteiger partial charge in [-0.05, 0) is 24.4 Å². The van der Waals surface area contributed by atoms with Crippen LogP contribution in [-0.2, 0) is 4.74 Å². The van der Waals surface area contributed by atoms with Crippen molar-refractivity contribution in [3.63, 3.8) is 0 Å². The van der Waals surface area contributed by atoms with E-state index in [0.29, 0.717) is 0 Å². The van der Waals surface area contributed by atoms with Crippen LogP contribution in [0.25, 0.3) is 0 Å². The molecule has 0 saturated carbocycles. The van der Waals surface area contributed by atoms with E-state index >= 15 is 0 Å². The fraction of sp³-hybridized carbons (Fsp3) is 0.0909. The highest BCUT2D eigenvalue weighted by Crippen LogP contribution is 2.04. The second-order valence-electron chi connectivity index (χ2n) is 2.83. The van der Waals surface area contributed by atoms with Gasteiger partial charge in [0, 0.05) is 5.69 Å². The van der Waals surface area contributed by atoms with Crippen molar-refractivity contribution in [1.82, 2.24) is 5.32 Å². The van der Waals surface area contributed by atoms with Crippen LogP contribution in [0.2, 0.25) is 0 Å². The highest BCUT2D eigenvalue weighted by atomic mass is 32.1. The van der Waals surface area contributed by atoms with Gasteiger partial charge in [0.2, 0.25) is 0 Å². The molecule has 1 amide bonds. The molecular weight excluding hydrogens is 224 g/mol. The number of hydrogen-bond donors (Lipinski definition) is 2. The molecule has 84 valence electrons. The molecule has 5 heteroatoms. The maximum Gasteiger partial charge on any atom is 0.413 e. The molecule has 0 saturated heterocycles. The normalized spacial score (nSPS) is 9.00. The van der Waals surface area contributed by atoms with Crippen molar-refractivity contribution in [2.45, 2.75) is 0 Å². The van der Waals surface area contributed by atoms with Gasteiger partial charge in [-0.15, -0.1) is 0 Å². The topological polar surface area (TPSA) is 50.4 Å². The number of ether oxygens (including phenoxy) is 1. The first-order valence-electron chi connectivity index (χ1n) is 4.63. The maximum absolute atomic E-state index is 11.1. The fourth-order valence-electron chi connectivity index (χ4n) is 0.947. The van der Waals surface area contributed by atoms with Crippen LogP contribution in [0.15, 0.2) is 43.0 Å². The summed E-state index contributed by atoms with van der Waals surface area (Å²) in [5, 5.41) is 5.41.